The molecule has 0 N–H and O–H groups in total. The molecule has 22 heavy (non-hydrogen) atoms. The summed E-state index contributed by atoms with van der Waals surface area (Å²) in [6, 6.07) is 0.152. The van der Waals surface area contributed by atoms with Gasteiger partial charge in [-0.2, -0.15) is 0 Å². The van der Waals surface area contributed by atoms with Gasteiger partial charge >= 0.3 is 6.09 Å². The zero-order chi connectivity index (χ0) is 16.3. The van der Waals surface area contributed by atoms with Crippen molar-refractivity contribution >= 4 is 29.3 Å². The lowest BCUT2D eigenvalue weighted by molar-refractivity contribution is 0.0220. The van der Waals surface area contributed by atoms with Crippen molar-refractivity contribution in [2.45, 2.75) is 58.1 Å². The van der Waals surface area contributed by atoms with Gasteiger partial charge in [-0.15, -0.1) is 0 Å². The van der Waals surface area contributed by atoms with Gasteiger partial charge in [0.25, 0.3) is 0 Å². The van der Waals surface area contributed by atoms with Crippen LogP contribution in [0.2, 0.25) is 10.3 Å². The van der Waals surface area contributed by atoms with E-state index in [0.29, 0.717) is 11.4 Å². The maximum atomic E-state index is 12.2. The minimum absolute atomic E-state index is 0.152. The summed E-state index contributed by atoms with van der Waals surface area (Å²) in [4.78, 5) is 22.0. The Hall–Kier alpha value is -1.07. The molecule has 5 nitrogen and oxygen atoms in total. The normalized spacial score (nSPS) is 18.6. The van der Waals surface area contributed by atoms with E-state index in [1.165, 1.54) is 6.20 Å². The Labute approximate surface area is 141 Å². The Balaban J connectivity index is 1.97. The number of rotatable bonds is 3. The van der Waals surface area contributed by atoms with Gasteiger partial charge < -0.3 is 9.64 Å². The average molecular weight is 346 g/mol. The number of carbonyl (C=O) groups excluding carboxylic acids is 1. The van der Waals surface area contributed by atoms with Gasteiger partial charge in [-0.3, -0.25) is 0 Å². The van der Waals surface area contributed by atoms with Crippen LogP contribution >= 0.6 is 23.2 Å². The van der Waals surface area contributed by atoms with Gasteiger partial charge in [0.1, 0.15) is 5.60 Å². The molecular formula is C15H21Cl2N3O2. The van der Waals surface area contributed by atoms with Gasteiger partial charge in [0.15, 0.2) is 0 Å². The predicted octanol–water partition coefficient (Wildman–Crippen LogP) is 4.12. The second-order valence-electron chi connectivity index (χ2n) is 6.44. The quantitative estimate of drug-likeness (QED) is 0.773. The second kappa shape index (κ2) is 7.01. The van der Waals surface area contributed by atoms with Crippen LogP contribution in [0.15, 0.2) is 6.20 Å². The number of ether oxygens (including phenoxy) is 1. The van der Waals surface area contributed by atoms with Gasteiger partial charge in [-0.1, -0.05) is 11.6 Å². The summed E-state index contributed by atoms with van der Waals surface area (Å²) in [5.74, 6) is 0. The molecule has 1 aromatic rings. The first-order valence-electron chi connectivity index (χ1n) is 7.43. The molecule has 1 aliphatic heterocycles. The summed E-state index contributed by atoms with van der Waals surface area (Å²) in [7, 11) is 0. The molecule has 0 bridgehead atoms. The minimum Gasteiger partial charge on any atom is -0.444 e. The van der Waals surface area contributed by atoms with E-state index < -0.39 is 5.60 Å². The Morgan fingerprint density at radius 3 is 2.86 bits per heavy atom. The SMILES string of the molecule is CC(C)(C)OC(=O)N1CCCC1CCc1nc(Cl)ncc1Cl. The lowest BCUT2D eigenvalue weighted by Gasteiger charge is -2.28. The highest BCUT2D eigenvalue weighted by Crippen LogP contribution is 2.25. The molecule has 1 aromatic heterocycles. The van der Waals surface area contributed by atoms with E-state index in [0.717, 1.165) is 31.5 Å². The number of halogens is 2. The number of aryl methyl sites for hydroxylation is 1. The van der Waals surface area contributed by atoms with Crippen molar-refractivity contribution in [2.75, 3.05) is 6.54 Å². The number of carbonyl (C=O) groups is 1. The van der Waals surface area contributed by atoms with Crippen molar-refractivity contribution in [3.05, 3.63) is 22.2 Å². The number of aromatic nitrogens is 2. The van der Waals surface area contributed by atoms with Crippen molar-refractivity contribution in [1.82, 2.24) is 14.9 Å². The highest BCUT2D eigenvalue weighted by molar-refractivity contribution is 6.31. The lowest BCUT2D eigenvalue weighted by Crippen LogP contribution is -2.40. The van der Waals surface area contributed by atoms with E-state index in [2.05, 4.69) is 9.97 Å². The number of amides is 1. The average Bonchev–Trinajstić information content (AvgIpc) is 2.86. The molecular weight excluding hydrogens is 325 g/mol. The molecule has 1 fully saturated rings. The zero-order valence-electron chi connectivity index (χ0n) is 13.1. The molecule has 0 spiro atoms. The summed E-state index contributed by atoms with van der Waals surface area (Å²) in [6.45, 7) is 6.35. The van der Waals surface area contributed by atoms with Crippen LogP contribution in [0.3, 0.4) is 0 Å². The first kappa shape index (κ1) is 17.3. The third-order valence-corrected chi connectivity index (χ3v) is 4.00. The molecule has 0 aromatic carbocycles. The van der Waals surface area contributed by atoms with Crippen LogP contribution in [0.1, 0.15) is 45.7 Å². The van der Waals surface area contributed by atoms with Crippen LogP contribution in [-0.2, 0) is 11.2 Å². The smallest absolute Gasteiger partial charge is 0.410 e. The number of likely N-dealkylation sites (tertiary alicyclic amines) is 1. The topological polar surface area (TPSA) is 55.3 Å². The monoisotopic (exact) mass is 345 g/mol. The van der Waals surface area contributed by atoms with E-state index >= 15 is 0 Å². The lowest BCUT2D eigenvalue weighted by atomic mass is 10.1. The maximum absolute atomic E-state index is 12.2. The van der Waals surface area contributed by atoms with E-state index in [1.54, 1.807) is 0 Å². The Morgan fingerprint density at radius 2 is 2.18 bits per heavy atom. The van der Waals surface area contributed by atoms with Crippen LogP contribution in [0.5, 0.6) is 0 Å². The third-order valence-electron chi connectivity index (χ3n) is 3.51. The van der Waals surface area contributed by atoms with E-state index in [1.807, 2.05) is 25.7 Å². The molecule has 122 valence electrons. The summed E-state index contributed by atoms with van der Waals surface area (Å²) in [5.41, 5.74) is 0.242. The van der Waals surface area contributed by atoms with Gasteiger partial charge in [0, 0.05) is 12.6 Å². The van der Waals surface area contributed by atoms with Crippen molar-refractivity contribution in [1.29, 1.82) is 0 Å². The first-order chi connectivity index (χ1) is 10.3. The van der Waals surface area contributed by atoms with Gasteiger partial charge in [0.05, 0.1) is 16.9 Å². The van der Waals surface area contributed by atoms with E-state index in [9.17, 15) is 4.79 Å². The number of hydrogen-bond acceptors (Lipinski definition) is 4. The van der Waals surface area contributed by atoms with Gasteiger partial charge in [-0.05, 0) is 58.1 Å². The zero-order valence-corrected chi connectivity index (χ0v) is 14.6. The number of nitrogens with zero attached hydrogens (tertiary/aromatic N) is 3. The fraction of sp³-hybridized carbons (Fsp3) is 0.667. The van der Waals surface area contributed by atoms with Crippen molar-refractivity contribution in [3.63, 3.8) is 0 Å². The first-order valence-corrected chi connectivity index (χ1v) is 8.18. The van der Waals surface area contributed by atoms with Crippen LogP contribution in [0, 0.1) is 0 Å². The number of hydrogen-bond donors (Lipinski definition) is 0. The highest BCUT2D eigenvalue weighted by atomic mass is 35.5. The molecule has 2 heterocycles. The fourth-order valence-electron chi connectivity index (χ4n) is 2.55. The van der Waals surface area contributed by atoms with E-state index in [4.69, 9.17) is 27.9 Å². The Morgan fingerprint density at radius 1 is 1.45 bits per heavy atom. The molecule has 1 aliphatic rings. The van der Waals surface area contributed by atoms with Gasteiger partial charge in [0.2, 0.25) is 5.28 Å². The molecule has 2 rings (SSSR count). The molecule has 0 saturated carbocycles. The van der Waals surface area contributed by atoms with Gasteiger partial charge in [-0.25, -0.2) is 14.8 Å². The Bertz CT molecular complexity index is 546. The standard InChI is InChI=1S/C15H21Cl2N3O2/c1-15(2,3)22-14(21)20-8-4-5-10(20)6-7-12-11(16)9-18-13(17)19-12/h9-10H,4-8H2,1-3H3. The van der Waals surface area contributed by atoms with Crippen molar-refractivity contribution in [2.24, 2.45) is 0 Å². The fourth-order valence-corrected chi connectivity index (χ4v) is 2.89. The summed E-state index contributed by atoms with van der Waals surface area (Å²) in [6.07, 6.45) is 4.66. The molecule has 0 aliphatic carbocycles. The van der Waals surface area contributed by atoms with Crippen molar-refractivity contribution < 1.29 is 9.53 Å². The molecule has 7 heteroatoms. The highest BCUT2D eigenvalue weighted by Gasteiger charge is 2.32. The van der Waals surface area contributed by atoms with Crippen LogP contribution in [-0.4, -0.2) is 39.1 Å². The van der Waals surface area contributed by atoms with E-state index in [-0.39, 0.29) is 17.4 Å². The second-order valence-corrected chi connectivity index (χ2v) is 7.19. The molecule has 1 saturated heterocycles. The summed E-state index contributed by atoms with van der Waals surface area (Å²) >= 11 is 11.9. The maximum Gasteiger partial charge on any atom is 0.410 e. The minimum atomic E-state index is -0.478. The van der Waals surface area contributed by atoms with Crippen LogP contribution in [0.4, 0.5) is 4.79 Å². The molecule has 1 amide bonds. The third kappa shape index (κ3) is 4.71. The molecule has 0 radical (unpaired) electrons. The molecule has 1 unspecified atom stereocenters. The summed E-state index contributed by atoms with van der Waals surface area (Å²) < 4.78 is 5.46. The molecule has 1 atom stereocenters. The Kier molecular flexibility index (Phi) is 5.50. The van der Waals surface area contributed by atoms with Crippen LogP contribution < -0.4 is 0 Å². The van der Waals surface area contributed by atoms with Crippen molar-refractivity contribution in [3.8, 4) is 0 Å². The van der Waals surface area contributed by atoms with Crippen LogP contribution in [0.25, 0.3) is 0 Å². The summed E-state index contributed by atoms with van der Waals surface area (Å²) in [5, 5.41) is 0.695. The predicted molar refractivity (Wildman–Crippen MR) is 86.3 cm³/mol. The largest absolute Gasteiger partial charge is 0.444 e.